The summed E-state index contributed by atoms with van der Waals surface area (Å²) in [6.45, 7) is 3.26. The Morgan fingerprint density at radius 3 is 2.53 bits per heavy atom. The third-order valence-electron chi connectivity index (χ3n) is 2.15. The van der Waals surface area contributed by atoms with E-state index in [1.807, 2.05) is 0 Å². The predicted octanol–water partition coefficient (Wildman–Crippen LogP) is 0.169. The Hall–Kier alpha value is -1.45. The van der Waals surface area contributed by atoms with Crippen molar-refractivity contribution in [3.63, 3.8) is 0 Å². The van der Waals surface area contributed by atoms with E-state index in [9.17, 15) is 18.0 Å². The minimum Gasteiger partial charge on any atom is -0.477 e. The van der Waals surface area contributed by atoms with Gasteiger partial charge in [-0.3, -0.25) is 4.79 Å². The number of carboxylic acid groups (broad SMARTS) is 1. The van der Waals surface area contributed by atoms with E-state index in [0.29, 0.717) is 23.4 Å². The number of hydrogen-bond donors (Lipinski definition) is 3. The van der Waals surface area contributed by atoms with E-state index in [4.69, 9.17) is 5.11 Å². The molecule has 0 atom stereocenters. The maximum Gasteiger partial charge on any atom is 0.346 e. The van der Waals surface area contributed by atoms with Gasteiger partial charge < -0.3 is 10.4 Å². The first kappa shape index (κ1) is 15.6. The van der Waals surface area contributed by atoms with Gasteiger partial charge in [0, 0.05) is 6.54 Å². The third kappa shape index (κ3) is 4.01. The molecule has 0 aliphatic rings. The molecule has 0 fully saturated rings. The van der Waals surface area contributed by atoms with Gasteiger partial charge in [-0.25, -0.2) is 17.9 Å². The first-order valence-electron chi connectivity index (χ1n) is 5.38. The van der Waals surface area contributed by atoms with E-state index in [-0.39, 0.29) is 15.6 Å². The smallest absolute Gasteiger partial charge is 0.346 e. The van der Waals surface area contributed by atoms with Gasteiger partial charge in [-0.1, -0.05) is 0 Å². The zero-order valence-electron chi connectivity index (χ0n) is 10.4. The van der Waals surface area contributed by atoms with Crippen LogP contribution in [-0.2, 0) is 14.8 Å². The summed E-state index contributed by atoms with van der Waals surface area (Å²) in [6, 6.07) is 1.27. The van der Waals surface area contributed by atoms with Crippen LogP contribution in [0.2, 0.25) is 0 Å². The molecule has 106 valence electrons. The number of amides is 1. The van der Waals surface area contributed by atoms with Crippen LogP contribution < -0.4 is 10.0 Å². The summed E-state index contributed by atoms with van der Waals surface area (Å²) in [4.78, 5) is 22.0. The number of rotatable bonds is 6. The average molecular weight is 306 g/mol. The topological polar surface area (TPSA) is 113 Å². The molecule has 19 heavy (non-hydrogen) atoms. The standard InChI is InChI=1S/C10H14N2O5S2/c1-3-11-7(13)5-12-19(16,17)8-4-6(2)9(18-8)10(14)15/h4,12H,3,5H2,1-2H3,(H,11,13)(H,14,15). The molecule has 0 radical (unpaired) electrons. The summed E-state index contributed by atoms with van der Waals surface area (Å²) in [5.41, 5.74) is 0.371. The highest BCUT2D eigenvalue weighted by Crippen LogP contribution is 2.25. The second-order valence-corrected chi connectivity index (χ2v) is 6.71. The lowest BCUT2D eigenvalue weighted by atomic mass is 10.3. The Balaban J connectivity index is 2.86. The van der Waals surface area contributed by atoms with Crippen LogP contribution in [0.15, 0.2) is 10.3 Å². The normalized spacial score (nSPS) is 11.3. The Morgan fingerprint density at radius 2 is 2.05 bits per heavy atom. The van der Waals surface area contributed by atoms with Gasteiger partial charge in [-0.2, -0.15) is 0 Å². The van der Waals surface area contributed by atoms with E-state index in [1.54, 1.807) is 6.92 Å². The molecule has 1 heterocycles. The van der Waals surface area contributed by atoms with Crippen LogP contribution in [0.1, 0.15) is 22.2 Å². The predicted molar refractivity (Wildman–Crippen MR) is 69.9 cm³/mol. The Labute approximate surface area is 114 Å². The lowest BCUT2D eigenvalue weighted by molar-refractivity contribution is -0.119. The largest absolute Gasteiger partial charge is 0.477 e. The number of carbonyl (C=O) groups is 2. The van der Waals surface area contributed by atoms with E-state index in [0.717, 1.165) is 0 Å². The highest BCUT2D eigenvalue weighted by atomic mass is 32.2. The zero-order valence-corrected chi connectivity index (χ0v) is 12.0. The molecule has 1 aromatic rings. The summed E-state index contributed by atoms with van der Waals surface area (Å²) in [5, 5.41) is 11.3. The summed E-state index contributed by atoms with van der Waals surface area (Å²) in [7, 11) is -3.86. The molecule has 3 N–H and O–H groups in total. The van der Waals surface area contributed by atoms with Crippen LogP contribution in [0.3, 0.4) is 0 Å². The SMILES string of the molecule is CCNC(=O)CNS(=O)(=O)c1cc(C)c(C(=O)O)s1. The number of sulfonamides is 1. The third-order valence-corrected chi connectivity index (χ3v) is 5.25. The van der Waals surface area contributed by atoms with Gasteiger partial charge in [-0.05, 0) is 25.5 Å². The van der Waals surface area contributed by atoms with Gasteiger partial charge in [-0.15, -0.1) is 11.3 Å². The van der Waals surface area contributed by atoms with Crippen molar-refractivity contribution < 1.29 is 23.1 Å². The number of likely N-dealkylation sites (N-methyl/N-ethyl adjacent to an activating group) is 1. The van der Waals surface area contributed by atoms with Crippen molar-refractivity contribution in [3.8, 4) is 0 Å². The first-order valence-corrected chi connectivity index (χ1v) is 7.68. The highest BCUT2D eigenvalue weighted by molar-refractivity contribution is 7.91. The molecule has 0 aromatic carbocycles. The fourth-order valence-electron chi connectivity index (χ4n) is 1.29. The number of hydrogen-bond acceptors (Lipinski definition) is 5. The molecule has 0 aliphatic carbocycles. The minimum atomic E-state index is -3.86. The minimum absolute atomic E-state index is 0.0293. The second-order valence-electron chi connectivity index (χ2n) is 3.66. The number of carbonyl (C=O) groups excluding carboxylic acids is 1. The quantitative estimate of drug-likeness (QED) is 0.693. The molecule has 1 amide bonds. The van der Waals surface area contributed by atoms with Gasteiger partial charge in [0.25, 0.3) is 10.0 Å². The van der Waals surface area contributed by atoms with Crippen molar-refractivity contribution in [1.29, 1.82) is 0 Å². The Morgan fingerprint density at radius 1 is 1.42 bits per heavy atom. The molecule has 0 saturated heterocycles. The molecule has 9 heteroatoms. The molecule has 0 spiro atoms. The number of carboxylic acids is 1. The van der Waals surface area contributed by atoms with Crippen molar-refractivity contribution in [2.45, 2.75) is 18.1 Å². The molecule has 0 bridgehead atoms. The van der Waals surface area contributed by atoms with Crippen molar-refractivity contribution in [2.75, 3.05) is 13.1 Å². The van der Waals surface area contributed by atoms with Crippen LogP contribution in [-0.4, -0.2) is 38.5 Å². The maximum atomic E-state index is 11.9. The van der Waals surface area contributed by atoms with Crippen LogP contribution in [0.25, 0.3) is 0 Å². The van der Waals surface area contributed by atoms with Crippen molar-refractivity contribution in [1.82, 2.24) is 10.0 Å². The fraction of sp³-hybridized carbons (Fsp3) is 0.400. The van der Waals surface area contributed by atoms with E-state index < -0.39 is 21.9 Å². The van der Waals surface area contributed by atoms with Crippen molar-refractivity contribution in [3.05, 3.63) is 16.5 Å². The number of nitrogens with one attached hydrogen (secondary N) is 2. The van der Waals surface area contributed by atoms with Gasteiger partial charge in [0.1, 0.15) is 9.09 Å². The molecule has 0 aliphatic heterocycles. The number of aryl methyl sites for hydroxylation is 1. The fourth-order valence-corrected chi connectivity index (χ4v) is 3.69. The van der Waals surface area contributed by atoms with E-state index >= 15 is 0 Å². The highest BCUT2D eigenvalue weighted by Gasteiger charge is 2.22. The molecule has 1 aromatic heterocycles. The first-order chi connectivity index (χ1) is 8.77. The maximum absolute atomic E-state index is 11.9. The zero-order chi connectivity index (χ0) is 14.6. The molecule has 7 nitrogen and oxygen atoms in total. The average Bonchev–Trinajstić information content (AvgIpc) is 2.70. The molecule has 1 rings (SSSR count). The van der Waals surface area contributed by atoms with Gasteiger partial charge in [0.15, 0.2) is 0 Å². The van der Waals surface area contributed by atoms with Gasteiger partial charge >= 0.3 is 5.97 Å². The lowest BCUT2D eigenvalue weighted by Gasteiger charge is -2.04. The van der Waals surface area contributed by atoms with Crippen LogP contribution >= 0.6 is 11.3 Å². The molecular formula is C10H14N2O5S2. The van der Waals surface area contributed by atoms with E-state index in [1.165, 1.54) is 13.0 Å². The molecule has 0 saturated carbocycles. The summed E-state index contributed by atoms with van der Waals surface area (Å²) in [5.74, 6) is -1.62. The summed E-state index contributed by atoms with van der Waals surface area (Å²) in [6.07, 6.45) is 0. The van der Waals surface area contributed by atoms with Gasteiger partial charge in [0.05, 0.1) is 6.54 Å². The second kappa shape index (κ2) is 6.13. The van der Waals surface area contributed by atoms with Crippen LogP contribution in [0, 0.1) is 6.92 Å². The van der Waals surface area contributed by atoms with Crippen LogP contribution in [0.4, 0.5) is 0 Å². The van der Waals surface area contributed by atoms with E-state index in [2.05, 4.69) is 10.0 Å². The lowest BCUT2D eigenvalue weighted by Crippen LogP contribution is -2.36. The molecule has 0 unspecified atom stereocenters. The summed E-state index contributed by atoms with van der Waals surface area (Å²) >= 11 is 0.658. The summed E-state index contributed by atoms with van der Waals surface area (Å²) < 4.78 is 25.7. The van der Waals surface area contributed by atoms with Crippen molar-refractivity contribution >= 4 is 33.2 Å². The van der Waals surface area contributed by atoms with Crippen LogP contribution in [0.5, 0.6) is 0 Å². The number of thiophene rings is 1. The monoisotopic (exact) mass is 306 g/mol. The van der Waals surface area contributed by atoms with Gasteiger partial charge in [0.2, 0.25) is 5.91 Å². The molecular weight excluding hydrogens is 292 g/mol. The Kier molecular flexibility index (Phi) is 5.04. The number of aromatic carboxylic acids is 1. The van der Waals surface area contributed by atoms with Crippen molar-refractivity contribution in [2.24, 2.45) is 0 Å². The Bertz CT molecular complexity index is 591.